The van der Waals surface area contributed by atoms with Crippen LogP contribution in [0.25, 0.3) is 0 Å². The number of guanidine groups is 2. The van der Waals surface area contributed by atoms with Gasteiger partial charge in [-0.1, -0.05) is 52.2 Å². The fraction of sp³-hybridized carbons (Fsp3) is 0.653. The second-order valence-electron chi connectivity index (χ2n) is 19.3. The number of amides is 10. The van der Waals surface area contributed by atoms with E-state index in [1.165, 1.54) is 29.2 Å². The largest absolute Gasteiger partial charge is 0.508 e. The number of primary amides is 1. The third-order valence-electron chi connectivity index (χ3n) is 12.2. The average Bonchev–Trinajstić information content (AvgIpc) is 3.36. The summed E-state index contributed by atoms with van der Waals surface area (Å²) in [5.74, 6) is -6.38. The Labute approximate surface area is 450 Å². The maximum atomic E-state index is 14.3. The molecule has 22 N–H and O–H groups in total. The fourth-order valence-electron chi connectivity index (χ4n) is 8.07. The third-order valence-corrected chi connectivity index (χ3v) is 12.2. The molecule has 0 spiro atoms. The molecule has 0 radical (unpaired) electrons. The summed E-state index contributed by atoms with van der Waals surface area (Å²) < 4.78 is 0. The van der Waals surface area contributed by atoms with Crippen LogP contribution in [0.1, 0.15) is 103 Å². The predicted molar refractivity (Wildman–Crippen MR) is 290 cm³/mol. The predicted octanol–water partition coefficient (Wildman–Crippen LogP) is -4.00. The molecule has 432 valence electrons. The molecule has 1 aliphatic rings. The highest BCUT2D eigenvalue weighted by atomic mass is 16.3. The number of phenolic OH excluding ortho intramolecular Hbond substituents is 1. The number of nitrogens with one attached hydrogen (secondary N) is 7. The van der Waals surface area contributed by atoms with Crippen LogP contribution in [0.4, 0.5) is 4.79 Å². The Morgan fingerprint density at radius 1 is 0.675 bits per heavy atom. The van der Waals surface area contributed by atoms with Crippen molar-refractivity contribution in [2.75, 3.05) is 58.9 Å². The van der Waals surface area contributed by atoms with Crippen LogP contribution in [0.5, 0.6) is 5.75 Å². The van der Waals surface area contributed by atoms with E-state index in [-0.39, 0.29) is 101 Å². The molecule has 6 atom stereocenters. The van der Waals surface area contributed by atoms with Crippen molar-refractivity contribution in [3.05, 3.63) is 29.8 Å². The quantitative estimate of drug-likeness (QED) is 0.0357. The maximum absolute atomic E-state index is 14.3. The number of hydrogen-bond donors (Lipinski definition) is 15. The molecule has 1 heterocycles. The number of nitrogens with two attached hydrogens (primary N) is 7. The normalized spacial score (nSPS) is 21.2. The molecule has 0 saturated carbocycles. The van der Waals surface area contributed by atoms with Gasteiger partial charge in [-0.3, -0.25) is 48.3 Å². The molecule has 0 bridgehead atoms. The molecule has 0 aromatic heterocycles. The summed E-state index contributed by atoms with van der Waals surface area (Å²) in [6.07, 6.45) is 3.73. The van der Waals surface area contributed by atoms with Crippen LogP contribution in [0, 0.1) is 5.92 Å². The van der Waals surface area contributed by atoms with Crippen LogP contribution < -0.4 is 77.4 Å². The van der Waals surface area contributed by atoms with Crippen molar-refractivity contribution < 1.29 is 48.3 Å². The second kappa shape index (κ2) is 35.7. The standard InChI is InChI=1S/C49H86N18O10/c1-4-11-34-41(71)64-37(26-31-15-17-32(68)18-16-31)43(73)65-38(27-50)44(74)63-36(19-14-30(2)3)46(76)67(28-39(52)69)25-23-60-49(77)59-20-7-5-6-8-24-66(45(75)33(51)12-9-21-57-47(53)54)29-40(70)61-35(42(72)62-34)13-10-22-58-48(55)56/h15-18,30,33-38,68H,4-14,19-29,50-51H2,1-3H3,(H2,52,69)(H,61,70)(H,62,72)(H,63,74)(H,64,71)(H,65,73)(H4,53,54,57)(H4,55,56,58)(H2,59,60,77)/t33-,34-,35-,36-,37-,38-/m0/s1. The number of aromatic hydroxyl groups is 1. The summed E-state index contributed by atoms with van der Waals surface area (Å²) >= 11 is 0. The molecule has 1 aromatic rings. The number of urea groups is 1. The molecule has 0 aliphatic carbocycles. The van der Waals surface area contributed by atoms with Gasteiger partial charge >= 0.3 is 6.03 Å². The molecule has 28 nitrogen and oxygen atoms in total. The van der Waals surface area contributed by atoms with E-state index in [4.69, 9.17) is 40.1 Å². The van der Waals surface area contributed by atoms with Crippen LogP contribution >= 0.6 is 0 Å². The maximum Gasteiger partial charge on any atom is 0.314 e. The van der Waals surface area contributed by atoms with Crippen LogP contribution in [-0.2, 0) is 44.8 Å². The van der Waals surface area contributed by atoms with Gasteiger partial charge in [0.05, 0.1) is 19.1 Å². The summed E-state index contributed by atoms with van der Waals surface area (Å²) in [6, 6.07) is -2.44. The van der Waals surface area contributed by atoms with E-state index in [9.17, 15) is 48.3 Å². The van der Waals surface area contributed by atoms with Gasteiger partial charge in [0, 0.05) is 52.2 Å². The van der Waals surface area contributed by atoms with Crippen molar-refractivity contribution in [1.82, 2.24) is 47.0 Å². The lowest BCUT2D eigenvalue weighted by Crippen LogP contribution is -2.61. The summed E-state index contributed by atoms with van der Waals surface area (Å²) in [5.41, 5.74) is 40.3. The zero-order chi connectivity index (χ0) is 57.5. The lowest BCUT2D eigenvalue weighted by atomic mass is 10.0. The van der Waals surface area contributed by atoms with Crippen molar-refractivity contribution in [1.29, 1.82) is 0 Å². The van der Waals surface area contributed by atoms with Crippen LogP contribution in [0.2, 0.25) is 0 Å². The molecule has 0 unspecified atom stereocenters. The number of nitrogens with zero attached hydrogens (tertiary/aromatic N) is 4. The van der Waals surface area contributed by atoms with Gasteiger partial charge in [0.2, 0.25) is 47.3 Å². The zero-order valence-corrected chi connectivity index (χ0v) is 44.9. The van der Waals surface area contributed by atoms with Gasteiger partial charge in [-0.15, -0.1) is 0 Å². The van der Waals surface area contributed by atoms with E-state index < -0.39 is 109 Å². The highest BCUT2D eigenvalue weighted by Gasteiger charge is 2.34. The number of aliphatic imine (C=N–C) groups is 2. The summed E-state index contributed by atoms with van der Waals surface area (Å²) in [7, 11) is 0. The Morgan fingerprint density at radius 3 is 1.84 bits per heavy atom. The summed E-state index contributed by atoms with van der Waals surface area (Å²) in [6.45, 7) is 4.51. The minimum Gasteiger partial charge on any atom is -0.508 e. The van der Waals surface area contributed by atoms with Gasteiger partial charge in [-0.2, -0.15) is 0 Å². The molecule has 2 rings (SSSR count). The molecule has 1 saturated heterocycles. The van der Waals surface area contributed by atoms with Gasteiger partial charge in [0.1, 0.15) is 36.0 Å². The number of hydrogen-bond acceptors (Lipinski definition) is 14. The lowest BCUT2D eigenvalue weighted by Gasteiger charge is -2.29. The third kappa shape index (κ3) is 26.7. The van der Waals surface area contributed by atoms with Gasteiger partial charge in [0.25, 0.3) is 0 Å². The minimum absolute atomic E-state index is 0.0132. The average molecular weight is 1090 g/mol. The Balaban J connectivity index is 2.64. The minimum atomic E-state index is -1.46. The molecule has 77 heavy (non-hydrogen) atoms. The van der Waals surface area contributed by atoms with Crippen molar-refractivity contribution in [2.45, 2.75) is 140 Å². The molecule has 10 amide bonds. The SMILES string of the molecule is CCC[C@@H]1NC(=O)[C@H](CCCN=C(N)N)NC(=O)CN(C(=O)[C@@H](N)CCCN=C(N)N)CCCCCCNC(=O)NCCN(CC(N)=O)C(=O)[C@H](CCC(C)C)NC(=O)[C@H](CN)NC(=O)[C@H](Cc2ccc(O)cc2)NC1=O. The van der Waals surface area contributed by atoms with Crippen molar-refractivity contribution in [2.24, 2.45) is 56.0 Å². The van der Waals surface area contributed by atoms with E-state index in [1.54, 1.807) is 6.92 Å². The Morgan fingerprint density at radius 2 is 1.23 bits per heavy atom. The molecule has 1 fully saturated rings. The van der Waals surface area contributed by atoms with Gasteiger partial charge in [0.15, 0.2) is 11.9 Å². The first-order chi connectivity index (χ1) is 36.5. The number of benzene rings is 1. The molecular weight excluding hydrogens is 1000 g/mol. The van der Waals surface area contributed by atoms with E-state index in [0.29, 0.717) is 50.5 Å². The number of carbonyl (C=O) groups is 9. The number of phenols is 1. The van der Waals surface area contributed by atoms with E-state index in [1.807, 2.05) is 13.8 Å². The van der Waals surface area contributed by atoms with E-state index >= 15 is 0 Å². The topological polar surface area (TPSA) is 471 Å². The van der Waals surface area contributed by atoms with Gasteiger partial charge < -0.3 is 92.3 Å². The summed E-state index contributed by atoms with van der Waals surface area (Å²) in [5, 5.41) is 28.7. The van der Waals surface area contributed by atoms with E-state index in [2.05, 4.69) is 47.2 Å². The Bertz CT molecular complexity index is 2140. The first kappa shape index (κ1) is 65.6. The molecule has 1 aliphatic heterocycles. The molecule has 1 aromatic carbocycles. The van der Waals surface area contributed by atoms with Crippen LogP contribution in [0.3, 0.4) is 0 Å². The molecule has 28 heteroatoms. The Kier molecular flexibility index (Phi) is 30.4. The lowest BCUT2D eigenvalue weighted by molar-refractivity contribution is -0.139. The first-order valence-electron chi connectivity index (χ1n) is 26.3. The smallest absolute Gasteiger partial charge is 0.314 e. The first-order valence-corrected chi connectivity index (χ1v) is 26.3. The zero-order valence-electron chi connectivity index (χ0n) is 44.9. The van der Waals surface area contributed by atoms with Crippen molar-refractivity contribution >= 4 is 65.2 Å². The van der Waals surface area contributed by atoms with Crippen LogP contribution in [-0.4, -0.2) is 175 Å². The van der Waals surface area contributed by atoms with Gasteiger partial charge in [-0.05, 0) is 81.4 Å². The fourth-order valence-corrected chi connectivity index (χ4v) is 8.07. The summed E-state index contributed by atoms with van der Waals surface area (Å²) in [4.78, 5) is 134. The van der Waals surface area contributed by atoms with Crippen LogP contribution in [0.15, 0.2) is 34.3 Å². The van der Waals surface area contributed by atoms with Gasteiger partial charge in [-0.25, -0.2) is 4.79 Å². The monoisotopic (exact) mass is 1090 g/mol. The highest BCUT2D eigenvalue weighted by molar-refractivity contribution is 5.97. The highest BCUT2D eigenvalue weighted by Crippen LogP contribution is 2.14. The number of carbonyl (C=O) groups excluding carboxylic acids is 9. The second-order valence-corrected chi connectivity index (χ2v) is 19.3. The van der Waals surface area contributed by atoms with E-state index in [0.717, 1.165) is 4.90 Å². The van der Waals surface area contributed by atoms with Crippen molar-refractivity contribution in [3.63, 3.8) is 0 Å². The number of rotatable bonds is 19. The Hall–Kier alpha value is -7.49. The van der Waals surface area contributed by atoms with Crippen molar-refractivity contribution in [3.8, 4) is 5.75 Å². The molecular formula is C49H86N18O10.